The molecule has 1 atom stereocenters. The highest BCUT2D eigenvalue weighted by Gasteiger charge is 2.26. The monoisotopic (exact) mass is 304 g/mol. The Kier molecular flexibility index (Phi) is 3.27. The number of rotatable bonds is 3. The minimum absolute atomic E-state index is 0.152. The molecule has 4 N–H and O–H groups in total. The Morgan fingerprint density at radius 3 is 2.96 bits per heavy atom. The summed E-state index contributed by atoms with van der Waals surface area (Å²) in [5, 5.41) is 6.75. The van der Waals surface area contributed by atoms with Crippen LogP contribution in [0, 0.1) is 0 Å². The summed E-state index contributed by atoms with van der Waals surface area (Å²) in [6, 6.07) is 11.9. The molecule has 0 saturated carbocycles. The molecule has 3 heterocycles. The van der Waals surface area contributed by atoms with Crippen molar-refractivity contribution in [1.29, 1.82) is 0 Å². The van der Waals surface area contributed by atoms with E-state index in [1.54, 1.807) is 18.7 Å². The summed E-state index contributed by atoms with van der Waals surface area (Å²) in [6.45, 7) is 0. The lowest BCUT2D eigenvalue weighted by Crippen LogP contribution is -2.06. The number of nitrogens with one attached hydrogen (secondary N) is 2. The maximum atomic E-state index is 5.89. The molecule has 1 unspecified atom stereocenters. The van der Waals surface area contributed by atoms with Crippen molar-refractivity contribution in [3.63, 3.8) is 0 Å². The van der Waals surface area contributed by atoms with Crippen molar-refractivity contribution in [2.75, 3.05) is 16.4 Å². The number of anilines is 4. The Bertz CT molecular complexity index is 833. The summed E-state index contributed by atoms with van der Waals surface area (Å²) in [6.07, 6.45) is 5.88. The topological polar surface area (TPSA) is 88.8 Å². The molecule has 1 aliphatic rings. The fourth-order valence-electron chi connectivity index (χ4n) is 2.81. The van der Waals surface area contributed by atoms with Crippen LogP contribution in [0.1, 0.15) is 17.2 Å². The summed E-state index contributed by atoms with van der Waals surface area (Å²) in [4.78, 5) is 12.8. The van der Waals surface area contributed by atoms with Gasteiger partial charge in [-0.15, -0.1) is 0 Å². The summed E-state index contributed by atoms with van der Waals surface area (Å²) in [5.41, 5.74) is 9.78. The van der Waals surface area contributed by atoms with Gasteiger partial charge in [-0.1, -0.05) is 12.1 Å². The molecule has 4 rings (SSSR count). The maximum absolute atomic E-state index is 5.89. The molecule has 0 amide bonds. The van der Waals surface area contributed by atoms with Gasteiger partial charge in [0.1, 0.15) is 18.0 Å². The van der Waals surface area contributed by atoms with Crippen LogP contribution in [-0.4, -0.2) is 15.0 Å². The van der Waals surface area contributed by atoms with Crippen molar-refractivity contribution in [2.45, 2.75) is 12.5 Å². The zero-order valence-corrected chi connectivity index (χ0v) is 12.4. The van der Waals surface area contributed by atoms with E-state index < -0.39 is 0 Å². The molecule has 2 aromatic heterocycles. The van der Waals surface area contributed by atoms with E-state index in [1.807, 2.05) is 30.3 Å². The van der Waals surface area contributed by atoms with Gasteiger partial charge in [-0.2, -0.15) is 0 Å². The first-order valence-electron chi connectivity index (χ1n) is 7.42. The van der Waals surface area contributed by atoms with Crippen molar-refractivity contribution in [1.82, 2.24) is 15.0 Å². The molecule has 3 aromatic rings. The lowest BCUT2D eigenvalue weighted by Gasteiger charge is -2.11. The maximum Gasteiger partial charge on any atom is 0.139 e. The second kappa shape index (κ2) is 5.57. The van der Waals surface area contributed by atoms with Gasteiger partial charge in [0, 0.05) is 23.9 Å². The van der Waals surface area contributed by atoms with Crippen LogP contribution in [0.5, 0.6) is 0 Å². The highest BCUT2D eigenvalue weighted by molar-refractivity contribution is 5.67. The summed E-state index contributed by atoms with van der Waals surface area (Å²) in [5.74, 6) is 1.67. The highest BCUT2D eigenvalue weighted by Crippen LogP contribution is 2.36. The fourth-order valence-corrected chi connectivity index (χ4v) is 2.81. The van der Waals surface area contributed by atoms with Gasteiger partial charge in [-0.3, -0.25) is 4.98 Å². The van der Waals surface area contributed by atoms with Crippen LogP contribution >= 0.6 is 0 Å². The Morgan fingerprint density at radius 1 is 1.17 bits per heavy atom. The molecule has 6 nitrogen and oxygen atoms in total. The van der Waals surface area contributed by atoms with E-state index in [1.165, 1.54) is 0 Å². The number of aromatic nitrogens is 3. The third-order valence-corrected chi connectivity index (χ3v) is 3.90. The lowest BCUT2D eigenvalue weighted by atomic mass is 10.0. The summed E-state index contributed by atoms with van der Waals surface area (Å²) in [7, 11) is 0. The first-order valence-corrected chi connectivity index (χ1v) is 7.42. The van der Waals surface area contributed by atoms with Crippen LogP contribution in [0.25, 0.3) is 0 Å². The molecular formula is C17H16N6. The quantitative estimate of drug-likeness (QED) is 0.645. The van der Waals surface area contributed by atoms with E-state index in [4.69, 9.17) is 5.73 Å². The van der Waals surface area contributed by atoms with Crippen LogP contribution < -0.4 is 16.4 Å². The van der Waals surface area contributed by atoms with Gasteiger partial charge in [0.05, 0.1) is 17.9 Å². The second-order valence-electron chi connectivity index (χ2n) is 5.49. The van der Waals surface area contributed by atoms with Crippen LogP contribution in [0.3, 0.4) is 0 Å². The van der Waals surface area contributed by atoms with Gasteiger partial charge in [-0.05, 0) is 29.8 Å². The van der Waals surface area contributed by atoms with Crippen molar-refractivity contribution in [3.8, 4) is 0 Å². The van der Waals surface area contributed by atoms with Gasteiger partial charge >= 0.3 is 0 Å². The van der Waals surface area contributed by atoms with E-state index in [0.717, 1.165) is 40.6 Å². The average Bonchev–Trinajstić information content (AvgIpc) is 3.01. The second-order valence-corrected chi connectivity index (χ2v) is 5.49. The molecular weight excluding hydrogens is 288 g/mol. The van der Waals surface area contributed by atoms with Crippen molar-refractivity contribution < 1.29 is 0 Å². The van der Waals surface area contributed by atoms with Gasteiger partial charge < -0.3 is 16.4 Å². The molecule has 1 aromatic carbocycles. The van der Waals surface area contributed by atoms with Gasteiger partial charge in [0.15, 0.2) is 0 Å². The smallest absolute Gasteiger partial charge is 0.139 e. The van der Waals surface area contributed by atoms with E-state index in [-0.39, 0.29) is 6.04 Å². The van der Waals surface area contributed by atoms with E-state index in [9.17, 15) is 0 Å². The molecule has 0 aliphatic carbocycles. The van der Waals surface area contributed by atoms with Crippen molar-refractivity contribution >= 4 is 23.0 Å². The van der Waals surface area contributed by atoms with Crippen LogP contribution in [0.15, 0.2) is 55.1 Å². The van der Waals surface area contributed by atoms with Gasteiger partial charge in [0.25, 0.3) is 0 Å². The molecule has 1 aliphatic heterocycles. The van der Waals surface area contributed by atoms with E-state index >= 15 is 0 Å². The van der Waals surface area contributed by atoms with Crippen molar-refractivity contribution in [2.24, 2.45) is 0 Å². The van der Waals surface area contributed by atoms with Crippen LogP contribution in [0.4, 0.5) is 23.0 Å². The van der Waals surface area contributed by atoms with E-state index in [0.29, 0.717) is 0 Å². The normalized spacial score (nSPS) is 15.7. The highest BCUT2D eigenvalue weighted by atomic mass is 15.1. The molecule has 0 fully saturated rings. The Hall–Kier alpha value is -3.15. The van der Waals surface area contributed by atoms with E-state index in [2.05, 4.69) is 31.7 Å². The fraction of sp³-hybridized carbons (Fsp3) is 0.118. The Balaban J connectivity index is 1.62. The number of hydrogen-bond donors (Lipinski definition) is 3. The molecule has 0 radical (unpaired) electrons. The predicted octanol–water partition coefficient (Wildman–Crippen LogP) is 2.91. The Morgan fingerprint density at radius 2 is 2.13 bits per heavy atom. The molecule has 114 valence electrons. The minimum atomic E-state index is 0.152. The number of benzene rings is 1. The molecule has 0 spiro atoms. The number of nitrogens with two attached hydrogens (primary N) is 1. The number of hydrogen-bond acceptors (Lipinski definition) is 6. The number of nitrogens with zero attached hydrogens (tertiary/aromatic N) is 3. The van der Waals surface area contributed by atoms with Crippen LogP contribution in [0.2, 0.25) is 0 Å². The zero-order chi connectivity index (χ0) is 15.6. The molecule has 0 saturated heterocycles. The molecule has 6 heteroatoms. The number of pyridine rings is 1. The summed E-state index contributed by atoms with van der Waals surface area (Å²) >= 11 is 0. The molecule has 23 heavy (non-hydrogen) atoms. The molecule has 0 bridgehead atoms. The standard InChI is InChI=1S/C17H16N6/c18-12-4-1-3-11(7-12)15-8-14-16(20-10-21-17(14)23-15)22-13-5-2-6-19-9-13/h1-7,9-10,15H,8,18H2,(H2,20,21,22,23). The largest absolute Gasteiger partial charge is 0.399 e. The average molecular weight is 304 g/mol. The SMILES string of the molecule is Nc1cccc(C2Cc3c(Nc4cccnc4)ncnc3N2)c1. The number of nitrogen functional groups attached to an aromatic ring is 1. The Labute approximate surface area is 133 Å². The first kappa shape index (κ1) is 13.5. The lowest BCUT2D eigenvalue weighted by molar-refractivity contribution is 0.824. The van der Waals surface area contributed by atoms with Crippen molar-refractivity contribution in [3.05, 3.63) is 66.2 Å². The minimum Gasteiger partial charge on any atom is -0.399 e. The zero-order valence-electron chi connectivity index (χ0n) is 12.4. The third-order valence-electron chi connectivity index (χ3n) is 3.90. The predicted molar refractivity (Wildman–Crippen MR) is 90.5 cm³/mol. The van der Waals surface area contributed by atoms with Gasteiger partial charge in [-0.25, -0.2) is 9.97 Å². The van der Waals surface area contributed by atoms with Crippen LogP contribution in [-0.2, 0) is 6.42 Å². The first-order chi connectivity index (χ1) is 11.3. The summed E-state index contributed by atoms with van der Waals surface area (Å²) < 4.78 is 0. The number of fused-ring (bicyclic) bond motifs is 1. The third kappa shape index (κ3) is 2.66. The van der Waals surface area contributed by atoms with Gasteiger partial charge in [0.2, 0.25) is 0 Å².